The molecule has 0 aliphatic heterocycles. The van der Waals surface area contributed by atoms with Crippen LogP contribution in [0.3, 0.4) is 0 Å². The fraction of sp³-hybridized carbons (Fsp3) is 0.409. The van der Waals surface area contributed by atoms with Gasteiger partial charge in [-0.25, -0.2) is 8.42 Å². The molecule has 0 heterocycles. The minimum atomic E-state index is -3.43. The highest BCUT2D eigenvalue weighted by Gasteiger charge is 2.19. The quantitative estimate of drug-likeness (QED) is 0.640. The molecular formula is C22H30N2O4S. The van der Waals surface area contributed by atoms with Gasteiger partial charge in [-0.3, -0.25) is 9.10 Å². The van der Waals surface area contributed by atoms with E-state index in [9.17, 15) is 13.2 Å². The SMILES string of the molecule is CCOc1ccc(CNC(=O)CCCN(c2cccc(C)c2C)S(C)(=O)=O)cc1. The Balaban J connectivity index is 1.89. The number of nitrogens with one attached hydrogen (secondary N) is 1. The van der Waals surface area contributed by atoms with Gasteiger partial charge in [0.2, 0.25) is 15.9 Å². The van der Waals surface area contributed by atoms with E-state index in [1.807, 2.05) is 57.2 Å². The first kappa shape index (κ1) is 22.7. The Labute approximate surface area is 173 Å². The molecule has 0 aliphatic carbocycles. The van der Waals surface area contributed by atoms with Gasteiger partial charge in [0.05, 0.1) is 18.6 Å². The molecule has 0 aliphatic rings. The molecule has 0 unspecified atom stereocenters. The maximum absolute atomic E-state index is 12.3. The second-order valence-electron chi connectivity index (χ2n) is 7.01. The van der Waals surface area contributed by atoms with Crippen LogP contribution in [-0.2, 0) is 21.4 Å². The number of carbonyl (C=O) groups is 1. The number of aryl methyl sites for hydroxylation is 1. The number of sulfonamides is 1. The number of hydrogen-bond acceptors (Lipinski definition) is 4. The lowest BCUT2D eigenvalue weighted by Gasteiger charge is -2.24. The molecule has 1 amide bonds. The predicted molar refractivity (Wildman–Crippen MR) is 117 cm³/mol. The van der Waals surface area contributed by atoms with Gasteiger partial charge in [-0.1, -0.05) is 24.3 Å². The third-order valence-corrected chi connectivity index (χ3v) is 5.91. The Hall–Kier alpha value is -2.54. The lowest BCUT2D eigenvalue weighted by atomic mass is 10.1. The van der Waals surface area contributed by atoms with Gasteiger partial charge in [0.1, 0.15) is 5.75 Å². The molecule has 1 N–H and O–H groups in total. The summed E-state index contributed by atoms with van der Waals surface area (Å²) in [6.07, 6.45) is 1.89. The largest absolute Gasteiger partial charge is 0.494 e. The molecule has 158 valence electrons. The average Bonchev–Trinajstić information content (AvgIpc) is 2.67. The fourth-order valence-corrected chi connectivity index (χ4v) is 4.03. The molecule has 0 spiro atoms. The van der Waals surface area contributed by atoms with Crippen LogP contribution in [0.5, 0.6) is 5.75 Å². The first-order valence-corrected chi connectivity index (χ1v) is 11.6. The summed E-state index contributed by atoms with van der Waals surface area (Å²) >= 11 is 0. The molecule has 0 atom stereocenters. The molecule has 6 nitrogen and oxygen atoms in total. The first-order chi connectivity index (χ1) is 13.7. The Kier molecular flexibility index (Phi) is 8.08. The van der Waals surface area contributed by atoms with Crippen LogP contribution in [0.1, 0.15) is 36.5 Å². The van der Waals surface area contributed by atoms with Gasteiger partial charge in [-0.15, -0.1) is 0 Å². The molecule has 0 bridgehead atoms. The molecule has 0 aromatic heterocycles. The van der Waals surface area contributed by atoms with Crippen molar-refractivity contribution in [1.29, 1.82) is 0 Å². The average molecular weight is 419 g/mol. The van der Waals surface area contributed by atoms with Crippen molar-refractivity contribution < 1.29 is 17.9 Å². The molecule has 0 fully saturated rings. The van der Waals surface area contributed by atoms with Crippen LogP contribution in [0.4, 0.5) is 5.69 Å². The van der Waals surface area contributed by atoms with Crippen molar-refractivity contribution in [2.45, 2.75) is 40.2 Å². The molecule has 0 saturated heterocycles. The Morgan fingerprint density at radius 2 is 1.79 bits per heavy atom. The summed E-state index contributed by atoms with van der Waals surface area (Å²) in [5, 5.41) is 2.88. The van der Waals surface area contributed by atoms with E-state index in [0.717, 1.165) is 22.4 Å². The molecule has 2 rings (SSSR count). The molecule has 7 heteroatoms. The highest BCUT2D eigenvalue weighted by Crippen LogP contribution is 2.25. The number of anilines is 1. The lowest BCUT2D eigenvalue weighted by Crippen LogP contribution is -2.32. The highest BCUT2D eigenvalue weighted by molar-refractivity contribution is 7.92. The van der Waals surface area contributed by atoms with Gasteiger partial charge in [0, 0.05) is 19.5 Å². The van der Waals surface area contributed by atoms with Crippen molar-refractivity contribution >= 4 is 21.6 Å². The molecule has 0 saturated carbocycles. The molecule has 2 aromatic rings. The number of rotatable bonds is 10. The maximum Gasteiger partial charge on any atom is 0.232 e. The van der Waals surface area contributed by atoms with Crippen LogP contribution >= 0.6 is 0 Å². The van der Waals surface area contributed by atoms with Gasteiger partial charge >= 0.3 is 0 Å². The summed E-state index contributed by atoms with van der Waals surface area (Å²) in [6.45, 7) is 7.10. The van der Waals surface area contributed by atoms with Crippen molar-refractivity contribution in [3.63, 3.8) is 0 Å². The number of carbonyl (C=O) groups excluding carboxylic acids is 1. The zero-order valence-corrected chi connectivity index (χ0v) is 18.4. The Morgan fingerprint density at radius 3 is 2.41 bits per heavy atom. The number of nitrogens with zero attached hydrogens (tertiary/aromatic N) is 1. The molecular weight excluding hydrogens is 388 g/mol. The third kappa shape index (κ3) is 6.78. The van der Waals surface area contributed by atoms with Crippen molar-refractivity contribution in [2.75, 3.05) is 23.7 Å². The smallest absolute Gasteiger partial charge is 0.232 e. The minimum absolute atomic E-state index is 0.103. The molecule has 2 aromatic carbocycles. The zero-order valence-electron chi connectivity index (χ0n) is 17.6. The maximum atomic E-state index is 12.3. The molecule has 29 heavy (non-hydrogen) atoms. The van der Waals surface area contributed by atoms with Gasteiger partial charge in [0.25, 0.3) is 0 Å². The van der Waals surface area contributed by atoms with Crippen LogP contribution in [0.15, 0.2) is 42.5 Å². The Bertz CT molecular complexity index is 924. The first-order valence-electron chi connectivity index (χ1n) is 9.74. The van der Waals surface area contributed by atoms with E-state index in [0.29, 0.717) is 25.3 Å². The van der Waals surface area contributed by atoms with Crippen molar-refractivity contribution in [2.24, 2.45) is 0 Å². The third-order valence-electron chi connectivity index (χ3n) is 4.73. The van der Waals surface area contributed by atoms with E-state index in [1.165, 1.54) is 10.6 Å². The topological polar surface area (TPSA) is 75.7 Å². The van der Waals surface area contributed by atoms with E-state index < -0.39 is 10.0 Å². The van der Waals surface area contributed by atoms with Crippen LogP contribution in [0, 0.1) is 13.8 Å². The van der Waals surface area contributed by atoms with Crippen molar-refractivity contribution in [3.8, 4) is 5.75 Å². The van der Waals surface area contributed by atoms with E-state index >= 15 is 0 Å². The summed E-state index contributed by atoms with van der Waals surface area (Å²) in [6, 6.07) is 13.2. The second-order valence-corrected chi connectivity index (χ2v) is 8.92. The normalized spacial score (nSPS) is 11.2. The van der Waals surface area contributed by atoms with Gasteiger partial charge in [-0.2, -0.15) is 0 Å². The van der Waals surface area contributed by atoms with Gasteiger partial charge in [0.15, 0.2) is 0 Å². The van der Waals surface area contributed by atoms with E-state index in [2.05, 4.69) is 5.32 Å². The monoisotopic (exact) mass is 418 g/mol. The zero-order chi connectivity index (χ0) is 21.4. The van der Waals surface area contributed by atoms with Crippen LogP contribution in [0.25, 0.3) is 0 Å². The van der Waals surface area contributed by atoms with E-state index in [4.69, 9.17) is 4.74 Å². The minimum Gasteiger partial charge on any atom is -0.494 e. The number of benzene rings is 2. The van der Waals surface area contributed by atoms with Gasteiger partial charge in [-0.05, 0) is 62.1 Å². The number of amides is 1. The van der Waals surface area contributed by atoms with Gasteiger partial charge < -0.3 is 10.1 Å². The number of hydrogen-bond donors (Lipinski definition) is 1. The van der Waals surface area contributed by atoms with Crippen LogP contribution in [0.2, 0.25) is 0 Å². The Morgan fingerprint density at radius 1 is 1.10 bits per heavy atom. The van der Waals surface area contributed by atoms with Crippen LogP contribution in [-0.4, -0.2) is 33.7 Å². The van der Waals surface area contributed by atoms with E-state index in [-0.39, 0.29) is 18.9 Å². The fourth-order valence-electron chi connectivity index (χ4n) is 3.01. The summed E-state index contributed by atoms with van der Waals surface area (Å²) in [5.74, 6) is 0.697. The lowest BCUT2D eigenvalue weighted by molar-refractivity contribution is -0.121. The van der Waals surface area contributed by atoms with E-state index in [1.54, 1.807) is 6.07 Å². The predicted octanol–water partition coefficient (Wildman–Crippen LogP) is 3.56. The summed E-state index contributed by atoms with van der Waals surface area (Å²) < 4.78 is 31.3. The summed E-state index contributed by atoms with van der Waals surface area (Å²) in [4.78, 5) is 12.2. The molecule has 0 radical (unpaired) electrons. The standard InChI is InChI=1S/C22H30N2O4S/c1-5-28-20-13-11-19(12-14-20)16-23-22(25)10-7-15-24(29(4,26)27)21-9-6-8-17(2)18(21)3/h6,8-9,11-14H,5,7,10,15-16H2,1-4H3,(H,23,25). The van der Waals surface area contributed by atoms with Crippen LogP contribution < -0.4 is 14.4 Å². The summed E-state index contributed by atoms with van der Waals surface area (Å²) in [5.41, 5.74) is 3.61. The highest BCUT2D eigenvalue weighted by atomic mass is 32.2. The second kappa shape index (κ2) is 10.3. The number of ether oxygens (including phenoxy) is 1. The van der Waals surface area contributed by atoms with Crippen molar-refractivity contribution in [1.82, 2.24) is 5.32 Å². The van der Waals surface area contributed by atoms with Crippen molar-refractivity contribution in [3.05, 3.63) is 59.2 Å². The summed E-state index contributed by atoms with van der Waals surface area (Å²) in [7, 11) is -3.43.